The van der Waals surface area contributed by atoms with Crippen molar-refractivity contribution in [3.8, 4) is 11.8 Å². The van der Waals surface area contributed by atoms with Crippen LogP contribution in [0.3, 0.4) is 0 Å². The minimum atomic E-state index is -0.143. The maximum absolute atomic E-state index is 12.7. The first-order chi connectivity index (χ1) is 16.1. The predicted molar refractivity (Wildman–Crippen MR) is 131 cm³/mol. The monoisotopic (exact) mass is 481 g/mol. The lowest BCUT2D eigenvalue weighted by atomic mass is 10.1. The number of fused-ring (bicyclic) bond motifs is 1. The number of thiophene rings is 1. The molecule has 0 spiro atoms. The molecule has 1 N–H and O–H groups in total. The molecule has 0 unspecified atom stereocenters. The Morgan fingerprint density at radius 1 is 1.24 bits per heavy atom. The molecule has 33 heavy (non-hydrogen) atoms. The number of ether oxygens (including phenoxy) is 1. The van der Waals surface area contributed by atoms with Crippen LogP contribution in [0.15, 0.2) is 29.4 Å². The highest BCUT2D eigenvalue weighted by atomic mass is 32.2. The van der Waals surface area contributed by atoms with Crippen LogP contribution in [-0.4, -0.2) is 26.4 Å². The number of carbonyl (C=O) groups is 1. The Labute approximate surface area is 202 Å². The van der Waals surface area contributed by atoms with Gasteiger partial charge in [-0.05, 0) is 57.2 Å². The number of nitrogens with one attached hydrogen (secondary N) is 1. The van der Waals surface area contributed by atoms with E-state index >= 15 is 0 Å². The van der Waals surface area contributed by atoms with Gasteiger partial charge in [0.15, 0.2) is 11.0 Å². The van der Waals surface area contributed by atoms with Crippen LogP contribution >= 0.6 is 23.1 Å². The first-order valence-corrected chi connectivity index (χ1v) is 13.0. The lowest BCUT2D eigenvalue weighted by Gasteiger charge is -2.09. The van der Waals surface area contributed by atoms with E-state index in [0.717, 1.165) is 42.8 Å². The SMILES string of the molecule is CCn1c(COc2ccc(C)cc2)nnc1SCC(=O)Nc1sc2c(c1C#N)CCCCC2. The highest BCUT2D eigenvalue weighted by molar-refractivity contribution is 7.99. The van der Waals surface area contributed by atoms with E-state index < -0.39 is 0 Å². The average molecular weight is 482 g/mol. The Morgan fingerprint density at radius 3 is 2.79 bits per heavy atom. The number of amides is 1. The Kier molecular flexibility index (Phi) is 7.68. The number of benzene rings is 1. The molecule has 0 radical (unpaired) electrons. The van der Waals surface area contributed by atoms with Crippen molar-refractivity contribution in [1.82, 2.24) is 14.8 Å². The van der Waals surface area contributed by atoms with Gasteiger partial charge >= 0.3 is 0 Å². The molecule has 0 atom stereocenters. The summed E-state index contributed by atoms with van der Waals surface area (Å²) in [5, 5.41) is 22.5. The summed E-state index contributed by atoms with van der Waals surface area (Å²) in [7, 11) is 0. The zero-order valence-corrected chi connectivity index (χ0v) is 20.5. The van der Waals surface area contributed by atoms with E-state index in [1.807, 2.05) is 42.7 Å². The van der Waals surface area contributed by atoms with Crippen molar-refractivity contribution in [1.29, 1.82) is 5.26 Å². The van der Waals surface area contributed by atoms with Gasteiger partial charge in [-0.15, -0.1) is 21.5 Å². The maximum atomic E-state index is 12.7. The zero-order chi connectivity index (χ0) is 23.2. The van der Waals surface area contributed by atoms with Gasteiger partial charge in [0.1, 0.15) is 23.4 Å². The number of aryl methyl sites for hydroxylation is 2. The number of hydrogen-bond acceptors (Lipinski definition) is 7. The highest BCUT2D eigenvalue weighted by Crippen LogP contribution is 2.37. The normalized spacial score (nSPS) is 13.1. The minimum absolute atomic E-state index is 0.143. The lowest BCUT2D eigenvalue weighted by molar-refractivity contribution is -0.113. The van der Waals surface area contributed by atoms with Crippen LogP contribution in [0.25, 0.3) is 0 Å². The molecule has 0 saturated heterocycles. The van der Waals surface area contributed by atoms with Crippen LogP contribution in [0, 0.1) is 18.3 Å². The fourth-order valence-electron chi connectivity index (χ4n) is 3.87. The largest absolute Gasteiger partial charge is 0.486 e. The van der Waals surface area contributed by atoms with Crippen molar-refractivity contribution in [2.75, 3.05) is 11.1 Å². The molecule has 2 heterocycles. The number of nitriles is 1. The summed E-state index contributed by atoms with van der Waals surface area (Å²) < 4.78 is 7.80. The third-order valence-corrected chi connectivity index (χ3v) is 7.79. The Bertz CT molecular complexity index is 1160. The fraction of sp³-hybridized carbons (Fsp3) is 0.417. The molecule has 9 heteroatoms. The van der Waals surface area contributed by atoms with Gasteiger partial charge in [-0.3, -0.25) is 4.79 Å². The quantitative estimate of drug-likeness (QED) is 0.355. The van der Waals surface area contributed by atoms with Crippen molar-refractivity contribution in [2.24, 2.45) is 0 Å². The molecule has 1 aromatic carbocycles. The van der Waals surface area contributed by atoms with Crippen molar-refractivity contribution in [3.05, 3.63) is 51.7 Å². The third kappa shape index (κ3) is 5.57. The second-order valence-electron chi connectivity index (χ2n) is 7.96. The summed E-state index contributed by atoms with van der Waals surface area (Å²) in [4.78, 5) is 13.9. The van der Waals surface area contributed by atoms with Crippen molar-refractivity contribution in [3.63, 3.8) is 0 Å². The molecule has 1 amide bonds. The topological polar surface area (TPSA) is 92.8 Å². The molecule has 7 nitrogen and oxygen atoms in total. The first-order valence-electron chi connectivity index (χ1n) is 11.2. The first kappa shape index (κ1) is 23.3. The van der Waals surface area contributed by atoms with E-state index in [1.54, 1.807) is 11.3 Å². The van der Waals surface area contributed by atoms with E-state index in [4.69, 9.17) is 4.74 Å². The van der Waals surface area contributed by atoms with Gasteiger partial charge in [0.25, 0.3) is 0 Å². The number of anilines is 1. The molecule has 0 fully saturated rings. The number of hydrogen-bond donors (Lipinski definition) is 1. The summed E-state index contributed by atoms with van der Waals surface area (Å²) in [6.07, 6.45) is 5.36. The third-order valence-electron chi connectivity index (χ3n) is 5.62. The number of rotatable bonds is 8. The molecule has 0 aliphatic heterocycles. The van der Waals surface area contributed by atoms with Gasteiger partial charge < -0.3 is 14.6 Å². The maximum Gasteiger partial charge on any atom is 0.235 e. The van der Waals surface area contributed by atoms with E-state index in [0.29, 0.717) is 28.9 Å². The number of thioether (sulfide) groups is 1. The Balaban J connectivity index is 1.37. The van der Waals surface area contributed by atoms with Crippen LogP contribution < -0.4 is 10.1 Å². The standard InChI is InChI=1S/C24H27N5O2S2/c1-3-29-21(14-31-17-11-9-16(2)10-12-17)27-28-24(29)32-15-22(30)26-23-19(13-25)18-7-5-4-6-8-20(18)33-23/h9-12H,3-8,14-15H2,1-2H3,(H,26,30). The van der Waals surface area contributed by atoms with Crippen molar-refractivity contribution < 1.29 is 9.53 Å². The van der Waals surface area contributed by atoms with Crippen LogP contribution in [0.2, 0.25) is 0 Å². The molecule has 0 bridgehead atoms. The van der Waals surface area contributed by atoms with Crippen LogP contribution in [0.4, 0.5) is 5.00 Å². The number of nitrogens with zero attached hydrogens (tertiary/aromatic N) is 4. The molecule has 2 aromatic heterocycles. The van der Waals surface area contributed by atoms with Gasteiger partial charge in [0.05, 0.1) is 11.3 Å². The van der Waals surface area contributed by atoms with Gasteiger partial charge in [-0.2, -0.15) is 5.26 Å². The minimum Gasteiger partial charge on any atom is -0.486 e. The Hall–Kier alpha value is -2.83. The van der Waals surface area contributed by atoms with Crippen LogP contribution in [-0.2, 0) is 30.8 Å². The molecule has 3 aromatic rings. The smallest absolute Gasteiger partial charge is 0.235 e. The summed E-state index contributed by atoms with van der Waals surface area (Å²) in [5.41, 5.74) is 2.95. The van der Waals surface area contributed by atoms with Gasteiger partial charge in [0.2, 0.25) is 5.91 Å². The summed E-state index contributed by atoms with van der Waals surface area (Å²) in [5.74, 6) is 1.55. The highest BCUT2D eigenvalue weighted by Gasteiger charge is 2.21. The van der Waals surface area contributed by atoms with E-state index in [1.165, 1.54) is 28.6 Å². The number of aromatic nitrogens is 3. The molecule has 1 aliphatic carbocycles. The second kappa shape index (κ2) is 10.9. The number of carbonyl (C=O) groups excluding carboxylic acids is 1. The average Bonchev–Trinajstić information content (AvgIpc) is 3.28. The van der Waals surface area contributed by atoms with Crippen LogP contribution in [0.1, 0.15) is 53.6 Å². The summed E-state index contributed by atoms with van der Waals surface area (Å²) in [6, 6.07) is 10.2. The van der Waals surface area contributed by atoms with Crippen LogP contribution in [0.5, 0.6) is 5.75 Å². The molecule has 1 aliphatic rings. The van der Waals surface area contributed by atoms with Gasteiger partial charge in [-0.25, -0.2) is 0 Å². The molecule has 0 saturated carbocycles. The Morgan fingerprint density at radius 2 is 2.03 bits per heavy atom. The van der Waals surface area contributed by atoms with Gasteiger partial charge in [-0.1, -0.05) is 35.9 Å². The summed E-state index contributed by atoms with van der Waals surface area (Å²) >= 11 is 2.89. The molecule has 4 rings (SSSR count). The molecule has 172 valence electrons. The van der Waals surface area contributed by atoms with E-state index in [-0.39, 0.29) is 11.7 Å². The van der Waals surface area contributed by atoms with Crippen molar-refractivity contribution >= 4 is 34.0 Å². The molecular formula is C24H27N5O2S2. The van der Waals surface area contributed by atoms with E-state index in [9.17, 15) is 10.1 Å². The van der Waals surface area contributed by atoms with Gasteiger partial charge in [0, 0.05) is 11.4 Å². The molecular weight excluding hydrogens is 454 g/mol. The lowest BCUT2D eigenvalue weighted by Crippen LogP contribution is -2.15. The summed E-state index contributed by atoms with van der Waals surface area (Å²) in [6.45, 7) is 5.04. The van der Waals surface area contributed by atoms with Crippen molar-refractivity contribution in [2.45, 2.75) is 64.3 Å². The van der Waals surface area contributed by atoms with E-state index in [2.05, 4.69) is 21.6 Å². The fourth-order valence-corrected chi connectivity index (χ4v) is 5.95. The predicted octanol–water partition coefficient (Wildman–Crippen LogP) is 5.12. The second-order valence-corrected chi connectivity index (χ2v) is 10.0. The zero-order valence-electron chi connectivity index (χ0n) is 18.9.